The number of amides is 1. The van der Waals surface area contributed by atoms with E-state index in [4.69, 9.17) is 9.72 Å². The van der Waals surface area contributed by atoms with Crippen molar-refractivity contribution in [3.63, 3.8) is 0 Å². The monoisotopic (exact) mass is 345 g/mol. The molecular weight excluding hydrogens is 322 g/mol. The van der Waals surface area contributed by atoms with Gasteiger partial charge in [-0.1, -0.05) is 11.3 Å². The maximum absolute atomic E-state index is 12.7. The van der Waals surface area contributed by atoms with E-state index in [1.165, 1.54) is 0 Å². The first kappa shape index (κ1) is 15.7. The molecule has 6 heteroatoms. The molecule has 2 aliphatic heterocycles. The first-order valence-corrected chi connectivity index (χ1v) is 9.54. The number of benzene rings is 1. The van der Waals surface area contributed by atoms with Crippen LogP contribution in [0.2, 0.25) is 0 Å². The predicted octanol–water partition coefficient (Wildman–Crippen LogP) is 3.14. The standard InChI is InChI=1S/C18H23N3O2S/c1-23-14-6-7-15-16(11-14)24-18(19-15)21-10-4-5-13(12-21)17(22)20-8-2-3-9-20/h6-7,11,13H,2-5,8-10,12H2,1H3. The minimum absolute atomic E-state index is 0.124. The van der Waals surface area contributed by atoms with Gasteiger partial charge in [0.25, 0.3) is 0 Å². The molecule has 0 N–H and O–H groups in total. The van der Waals surface area contributed by atoms with Gasteiger partial charge in [0.15, 0.2) is 5.13 Å². The van der Waals surface area contributed by atoms with Gasteiger partial charge in [0.05, 0.1) is 23.2 Å². The second kappa shape index (κ2) is 6.59. The van der Waals surface area contributed by atoms with E-state index in [9.17, 15) is 4.79 Å². The Morgan fingerprint density at radius 1 is 1.25 bits per heavy atom. The molecule has 2 aromatic rings. The van der Waals surface area contributed by atoms with Gasteiger partial charge in [-0.05, 0) is 43.9 Å². The van der Waals surface area contributed by atoms with E-state index in [2.05, 4.69) is 9.80 Å². The summed E-state index contributed by atoms with van der Waals surface area (Å²) in [5.41, 5.74) is 1.00. The molecule has 0 spiro atoms. The fourth-order valence-electron chi connectivity index (χ4n) is 3.70. The number of aromatic nitrogens is 1. The molecule has 1 aromatic carbocycles. The van der Waals surface area contributed by atoms with Gasteiger partial charge in [0, 0.05) is 26.2 Å². The van der Waals surface area contributed by atoms with Crippen molar-refractivity contribution in [2.75, 3.05) is 38.2 Å². The SMILES string of the molecule is COc1ccc2nc(N3CCCC(C(=O)N4CCCC4)C3)sc2c1. The maximum Gasteiger partial charge on any atom is 0.227 e. The second-order valence-electron chi connectivity index (χ2n) is 6.65. The third kappa shape index (κ3) is 2.95. The van der Waals surface area contributed by atoms with Gasteiger partial charge in [-0.3, -0.25) is 4.79 Å². The molecule has 5 nitrogen and oxygen atoms in total. The highest BCUT2D eigenvalue weighted by Crippen LogP contribution is 2.34. The zero-order chi connectivity index (χ0) is 16.5. The molecular formula is C18H23N3O2S. The maximum atomic E-state index is 12.7. The van der Waals surface area contributed by atoms with Gasteiger partial charge in [-0.2, -0.15) is 0 Å². The van der Waals surface area contributed by atoms with Crippen molar-refractivity contribution in [1.82, 2.24) is 9.88 Å². The van der Waals surface area contributed by atoms with E-state index in [0.29, 0.717) is 5.91 Å². The molecule has 3 heterocycles. The Hall–Kier alpha value is -1.82. The van der Waals surface area contributed by atoms with Gasteiger partial charge in [-0.15, -0.1) is 0 Å². The summed E-state index contributed by atoms with van der Waals surface area (Å²) in [7, 11) is 1.68. The van der Waals surface area contributed by atoms with Crippen molar-refractivity contribution in [2.24, 2.45) is 5.92 Å². The second-order valence-corrected chi connectivity index (χ2v) is 7.66. The predicted molar refractivity (Wildman–Crippen MR) is 96.9 cm³/mol. The lowest BCUT2D eigenvalue weighted by Gasteiger charge is -2.33. The van der Waals surface area contributed by atoms with E-state index in [0.717, 1.165) is 73.0 Å². The largest absolute Gasteiger partial charge is 0.497 e. The number of fused-ring (bicyclic) bond motifs is 1. The number of carbonyl (C=O) groups is 1. The molecule has 24 heavy (non-hydrogen) atoms. The highest BCUT2D eigenvalue weighted by atomic mass is 32.1. The molecule has 1 amide bonds. The minimum atomic E-state index is 0.124. The fraction of sp³-hybridized carbons (Fsp3) is 0.556. The first-order chi connectivity index (χ1) is 11.7. The fourth-order valence-corrected chi connectivity index (χ4v) is 4.73. The van der Waals surface area contributed by atoms with Gasteiger partial charge < -0.3 is 14.5 Å². The van der Waals surface area contributed by atoms with Gasteiger partial charge >= 0.3 is 0 Å². The molecule has 2 fully saturated rings. The number of anilines is 1. The van der Waals surface area contributed by atoms with Crippen LogP contribution in [0.1, 0.15) is 25.7 Å². The first-order valence-electron chi connectivity index (χ1n) is 8.73. The number of likely N-dealkylation sites (tertiary alicyclic amines) is 1. The van der Waals surface area contributed by atoms with Crippen molar-refractivity contribution in [2.45, 2.75) is 25.7 Å². The average molecular weight is 345 g/mol. The van der Waals surface area contributed by atoms with Crippen LogP contribution in [0.15, 0.2) is 18.2 Å². The van der Waals surface area contributed by atoms with Gasteiger partial charge in [0.1, 0.15) is 5.75 Å². The Kier molecular flexibility index (Phi) is 4.31. The van der Waals surface area contributed by atoms with Crippen LogP contribution in [0.25, 0.3) is 10.2 Å². The summed E-state index contributed by atoms with van der Waals surface area (Å²) in [5, 5.41) is 1.03. The molecule has 0 saturated carbocycles. The van der Waals surface area contributed by atoms with E-state index in [1.807, 2.05) is 18.2 Å². The summed E-state index contributed by atoms with van der Waals surface area (Å²) < 4.78 is 6.43. The van der Waals surface area contributed by atoms with Crippen molar-refractivity contribution in [1.29, 1.82) is 0 Å². The lowest BCUT2D eigenvalue weighted by molar-refractivity contribution is -0.134. The topological polar surface area (TPSA) is 45.7 Å². The van der Waals surface area contributed by atoms with Gasteiger partial charge in [-0.25, -0.2) is 4.98 Å². The lowest BCUT2D eigenvalue weighted by Crippen LogP contribution is -2.44. The molecule has 2 saturated heterocycles. The molecule has 1 aromatic heterocycles. The Balaban J connectivity index is 1.52. The Morgan fingerprint density at radius 3 is 2.88 bits per heavy atom. The zero-order valence-corrected chi connectivity index (χ0v) is 14.8. The van der Waals surface area contributed by atoms with Crippen molar-refractivity contribution in [3.8, 4) is 5.75 Å². The van der Waals surface area contributed by atoms with E-state index in [-0.39, 0.29) is 5.92 Å². The van der Waals surface area contributed by atoms with E-state index >= 15 is 0 Å². The number of carbonyl (C=O) groups excluding carboxylic acids is 1. The van der Waals surface area contributed by atoms with E-state index < -0.39 is 0 Å². The smallest absolute Gasteiger partial charge is 0.227 e. The van der Waals surface area contributed by atoms with Crippen LogP contribution in [0.3, 0.4) is 0 Å². The number of hydrogen-bond donors (Lipinski definition) is 0. The van der Waals surface area contributed by atoms with Crippen LogP contribution < -0.4 is 9.64 Å². The lowest BCUT2D eigenvalue weighted by atomic mass is 9.97. The highest BCUT2D eigenvalue weighted by Gasteiger charge is 2.31. The summed E-state index contributed by atoms with van der Waals surface area (Å²) in [6.45, 7) is 3.67. The number of piperidine rings is 1. The number of thiazole rings is 1. The highest BCUT2D eigenvalue weighted by molar-refractivity contribution is 7.22. The number of nitrogens with zero attached hydrogens (tertiary/aromatic N) is 3. The third-order valence-corrected chi connectivity index (χ3v) is 6.12. The van der Waals surface area contributed by atoms with Crippen molar-refractivity contribution in [3.05, 3.63) is 18.2 Å². The molecule has 128 valence electrons. The normalized spacial score (nSPS) is 21.5. The number of ether oxygens (including phenoxy) is 1. The Bertz CT molecular complexity index is 739. The summed E-state index contributed by atoms with van der Waals surface area (Å²) in [6.07, 6.45) is 4.37. The molecule has 2 aliphatic rings. The summed E-state index contributed by atoms with van der Waals surface area (Å²) in [6, 6.07) is 5.99. The third-order valence-electron chi connectivity index (χ3n) is 5.04. The zero-order valence-electron chi connectivity index (χ0n) is 14.0. The molecule has 4 rings (SSSR count). The van der Waals surface area contributed by atoms with Crippen LogP contribution in [-0.4, -0.2) is 49.1 Å². The summed E-state index contributed by atoms with van der Waals surface area (Å²) in [4.78, 5) is 21.8. The summed E-state index contributed by atoms with van der Waals surface area (Å²) >= 11 is 1.69. The Labute approximate surface area is 146 Å². The average Bonchev–Trinajstić information content (AvgIpc) is 3.30. The van der Waals surface area contributed by atoms with Crippen LogP contribution in [0.4, 0.5) is 5.13 Å². The van der Waals surface area contributed by atoms with Crippen molar-refractivity contribution < 1.29 is 9.53 Å². The van der Waals surface area contributed by atoms with Crippen LogP contribution in [0.5, 0.6) is 5.75 Å². The molecule has 0 radical (unpaired) electrons. The van der Waals surface area contributed by atoms with Gasteiger partial charge in [0.2, 0.25) is 5.91 Å². The van der Waals surface area contributed by atoms with Crippen LogP contribution in [-0.2, 0) is 4.79 Å². The molecule has 1 atom stereocenters. The molecule has 1 unspecified atom stereocenters. The van der Waals surface area contributed by atoms with E-state index in [1.54, 1.807) is 18.4 Å². The number of hydrogen-bond acceptors (Lipinski definition) is 5. The minimum Gasteiger partial charge on any atom is -0.497 e. The summed E-state index contributed by atoms with van der Waals surface area (Å²) in [5.74, 6) is 1.33. The van der Waals surface area contributed by atoms with Crippen LogP contribution >= 0.6 is 11.3 Å². The van der Waals surface area contributed by atoms with Crippen LogP contribution in [0, 0.1) is 5.92 Å². The quantitative estimate of drug-likeness (QED) is 0.857. The van der Waals surface area contributed by atoms with Crippen molar-refractivity contribution >= 4 is 32.6 Å². The molecule has 0 bridgehead atoms. The molecule has 0 aliphatic carbocycles. The number of rotatable bonds is 3. The Morgan fingerprint density at radius 2 is 2.08 bits per heavy atom. The number of methoxy groups -OCH3 is 1.